The first kappa shape index (κ1) is 15.6. The lowest BCUT2D eigenvalue weighted by atomic mass is 10.0. The molecule has 0 aromatic carbocycles. The maximum Gasteiger partial charge on any atom is 0.274 e. The zero-order valence-corrected chi connectivity index (χ0v) is 13.7. The number of aromatic nitrogens is 3. The van der Waals surface area contributed by atoms with Gasteiger partial charge in [-0.05, 0) is 57.2 Å². The minimum absolute atomic E-state index is 0.00547. The molecule has 2 aromatic rings. The second-order valence-corrected chi connectivity index (χ2v) is 6.18. The number of hydrogen-bond acceptors (Lipinski definition) is 4. The van der Waals surface area contributed by atoms with E-state index in [2.05, 4.69) is 27.1 Å². The lowest BCUT2D eigenvalue weighted by molar-refractivity contribution is 0.0724. The Labute approximate surface area is 136 Å². The van der Waals surface area contributed by atoms with Crippen molar-refractivity contribution in [2.45, 2.75) is 45.6 Å². The topological polar surface area (TPSA) is 59.0 Å². The molecule has 0 N–H and O–H groups in total. The number of pyridine rings is 1. The van der Waals surface area contributed by atoms with Gasteiger partial charge >= 0.3 is 0 Å². The Balaban J connectivity index is 1.65. The number of carbonyl (C=O) groups is 1. The molecule has 2 aromatic heterocycles. The van der Waals surface area contributed by atoms with Gasteiger partial charge in [-0.15, -0.1) is 0 Å². The second kappa shape index (κ2) is 6.86. The van der Waals surface area contributed by atoms with E-state index in [1.807, 2.05) is 24.9 Å². The van der Waals surface area contributed by atoms with Crippen LogP contribution in [0, 0.1) is 13.8 Å². The fourth-order valence-electron chi connectivity index (χ4n) is 3.15. The largest absolute Gasteiger partial charge is 0.334 e. The molecule has 23 heavy (non-hydrogen) atoms. The highest BCUT2D eigenvalue weighted by Crippen LogP contribution is 2.23. The fraction of sp³-hybridized carbons (Fsp3) is 0.444. The van der Waals surface area contributed by atoms with Gasteiger partial charge in [0.2, 0.25) is 0 Å². The lowest BCUT2D eigenvalue weighted by Crippen LogP contribution is -2.36. The maximum absolute atomic E-state index is 12.6. The van der Waals surface area contributed by atoms with Crippen LogP contribution >= 0.6 is 0 Å². The van der Waals surface area contributed by atoms with Crippen LogP contribution in [0.15, 0.2) is 30.7 Å². The Morgan fingerprint density at radius 3 is 2.83 bits per heavy atom. The molecular weight excluding hydrogens is 288 g/mol. The van der Waals surface area contributed by atoms with E-state index in [4.69, 9.17) is 0 Å². The molecule has 0 bridgehead atoms. The number of rotatable bonds is 4. The quantitative estimate of drug-likeness (QED) is 0.871. The summed E-state index contributed by atoms with van der Waals surface area (Å²) in [5, 5.41) is 0. The van der Waals surface area contributed by atoms with Crippen LogP contribution in [0.4, 0.5) is 0 Å². The predicted octanol–water partition coefficient (Wildman–Crippen LogP) is 2.73. The van der Waals surface area contributed by atoms with E-state index in [-0.39, 0.29) is 5.91 Å². The number of amides is 1. The minimum Gasteiger partial charge on any atom is -0.334 e. The van der Waals surface area contributed by atoms with Crippen molar-refractivity contribution in [1.82, 2.24) is 19.9 Å². The Morgan fingerprint density at radius 1 is 1.22 bits per heavy atom. The van der Waals surface area contributed by atoms with Gasteiger partial charge in [0, 0.05) is 30.7 Å². The summed E-state index contributed by atoms with van der Waals surface area (Å²) in [6.45, 7) is 4.69. The number of likely N-dealkylation sites (tertiary alicyclic amines) is 1. The molecule has 0 unspecified atom stereocenters. The van der Waals surface area contributed by atoms with Crippen molar-refractivity contribution in [2.75, 3.05) is 6.54 Å². The molecule has 1 atom stereocenters. The first-order valence-electron chi connectivity index (χ1n) is 8.14. The van der Waals surface area contributed by atoms with Crippen molar-refractivity contribution in [3.05, 3.63) is 53.4 Å². The normalized spacial score (nSPS) is 17.5. The Morgan fingerprint density at radius 2 is 2.09 bits per heavy atom. The van der Waals surface area contributed by atoms with Gasteiger partial charge in [0.1, 0.15) is 5.69 Å². The van der Waals surface area contributed by atoms with Gasteiger partial charge in [-0.25, -0.2) is 4.98 Å². The van der Waals surface area contributed by atoms with E-state index >= 15 is 0 Å². The van der Waals surface area contributed by atoms with Crippen molar-refractivity contribution < 1.29 is 4.79 Å². The van der Waals surface area contributed by atoms with Gasteiger partial charge in [0.25, 0.3) is 5.91 Å². The molecule has 1 aliphatic heterocycles. The number of hydrogen-bond donors (Lipinski definition) is 0. The van der Waals surface area contributed by atoms with Crippen LogP contribution in [-0.2, 0) is 6.42 Å². The summed E-state index contributed by atoms with van der Waals surface area (Å²) in [7, 11) is 0. The van der Waals surface area contributed by atoms with Crippen molar-refractivity contribution in [1.29, 1.82) is 0 Å². The SMILES string of the molecule is Cc1cnc(C(=O)N2CCC[C@H]2CCc2ccnc(C)c2)cn1. The summed E-state index contributed by atoms with van der Waals surface area (Å²) in [5.41, 5.74) is 3.60. The fourth-order valence-corrected chi connectivity index (χ4v) is 3.15. The standard InChI is InChI=1S/C18H22N4O/c1-13-10-15(7-8-19-13)5-6-16-4-3-9-22(16)18(23)17-12-20-14(2)11-21-17/h7-8,10-12,16H,3-6,9H2,1-2H3/t16-/m0/s1. The van der Waals surface area contributed by atoms with E-state index in [1.165, 1.54) is 5.56 Å². The molecule has 1 saturated heterocycles. The van der Waals surface area contributed by atoms with Gasteiger partial charge in [0.15, 0.2) is 0 Å². The van der Waals surface area contributed by atoms with Crippen LogP contribution in [0.5, 0.6) is 0 Å². The third-order valence-electron chi connectivity index (χ3n) is 4.37. The molecule has 3 rings (SSSR count). The summed E-state index contributed by atoms with van der Waals surface area (Å²) >= 11 is 0. The molecule has 1 fully saturated rings. The number of aryl methyl sites for hydroxylation is 3. The highest BCUT2D eigenvalue weighted by atomic mass is 16.2. The zero-order valence-electron chi connectivity index (χ0n) is 13.7. The molecule has 1 aliphatic rings. The Hall–Kier alpha value is -2.30. The summed E-state index contributed by atoms with van der Waals surface area (Å²) < 4.78 is 0. The third-order valence-corrected chi connectivity index (χ3v) is 4.37. The third kappa shape index (κ3) is 3.73. The van der Waals surface area contributed by atoms with E-state index < -0.39 is 0 Å². The van der Waals surface area contributed by atoms with Crippen molar-refractivity contribution in [3.63, 3.8) is 0 Å². The minimum atomic E-state index is 0.00547. The summed E-state index contributed by atoms with van der Waals surface area (Å²) in [5.74, 6) is 0.00547. The van der Waals surface area contributed by atoms with Gasteiger partial charge < -0.3 is 4.90 Å². The number of carbonyl (C=O) groups excluding carboxylic acids is 1. The zero-order chi connectivity index (χ0) is 16.2. The average molecular weight is 310 g/mol. The van der Waals surface area contributed by atoms with Gasteiger partial charge in [-0.3, -0.25) is 14.8 Å². The van der Waals surface area contributed by atoms with Crippen LogP contribution in [-0.4, -0.2) is 38.3 Å². The van der Waals surface area contributed by atoms with E-state index in [0.29, 0.717) is 11.7 Å². The average Bonchev–Trinajstić information content (AvgIpc) is 3.01. The molecule has 5 heteroatoms. The summed E-state index contributed by atoms with van der Waals surface area (Å²) in [6.07, 6.45) is 9.16. The molecule has 1 amide bonds. The monoisotopic (exact) mass is 310 g/mol. The van der Waals surface area contributed by atoms with Crippen LogP contribution in [0.1, 0.15) is 46.7 Å². The second-order valence-electron chi connectivity index (χ2n) is 6.18. The predicted molar refractivity (Wildman–Crippen MR) is 88.1 cm³/mol. The van der Waals surface area contributed by atoms with E-state index in [0.717, 1.165) is 43.6 Å². The molecule has 5 nitrogen and oxygen atoms in total. The molecule has 0 saturated carbocycles. The molecular formula is C18H22N4O. The molecule has 0 radical (unpaired) electrons. The van der Waals surface area contributed by atoms with E-state index in [1.54, 1.807) is 12.4 Å². The van der Waals surface area contributed by atoms with Crippen LogP contribution in [0.25, 0.3) is 0 Å². The molecule has 120 valence electrons. The van der Waals surface area contributed by atoms with Crippen molar-refractivity contribution in [3.8, 4) is 0 Å². The highest BCUT2D eigenvalue weighted by Gasteiger charge is 2.29. The van der Waals surface area contributed by atoms with Crippen LogP contribution in [0.3, 0.4) is 0 Å². The Kier molecular flexibility index (Phi) is 4.65. The van der Waals surface area contributed by atoms with E-state index in [9.17, 15) is 4.79 Å². The van der Waals surface area contributed by atoms with Gasteiger partial charge in [-0.1, -0.05) is 0 Å². The number of nitrogens with zero attached hydrogens (tertiary/aromatic N) is 4. The first-order chi connectivity index (χ1) is 11.1. The summed E-state index contributed by atoms with van der Waals surface area (Å²) in [4.78, 5) is 27.3. The molecule has 0 spiro atoms. The lowest BCUT2D eigenvalue weighted by Gasteiger charge is -2.24. The van der Waals surface area contributed by atoms with Crippen molar-refractivity contribution in [2.24, 2.45) is 0 Å². The van der Waals surface area contributed by atoms with Gasteiger partial charge in [-0.2, -0.15) is 0 Å². The molecule has 3 heterocycles. The molecule has 0 aliphatic carbocycles. The van der Waals surface area contributed by atoms with Crippen molar-refractivity contribution >= 4 is 5.91 Å². The maximum atomic E-state index is 12.6. The van der Waals surface area contributed by atoms with Crippen LogP contribution < -0.4 is 0 Å². The smallest absolute Gasteiger partial charge is 0.274 e. The van der Waals surface area contributed by atoms with Gasteiger partial charge in [0.05, 0.1) is 11.9 Å². The van der Waals surface area contributed by atoms with Crippen LogP contribution in [0.2, 0.25) is 0 Å². The Bertz CT molecular complexity index is 684. The highest BCUT2D eigenvalue weighted by molar-refractivity contribution is 5.92. The first-order valence-corrected chi connectivity index (χ1v) is 8.14. The summed E-state index contributed by atoms with van der Waals surface area (Å²) in [6, 6.07) is 4.46.